The molecule has 0 aliphatic carbocycles. The Morgan fingerprint density at radius 2 is 1.89 bits per heavy atom. The molecule has 0 saturated carbocycles. The van der Waals surface area contributed by atoms with Crippen LogP contribution in [0, 0.1) is 5.82 Å². The lowest BCUT2D eigenvalue weighted by atomic mass is 10.0. The standard InChI is InChI=1S/C31H28F4N6O3S/c1-19(2)25-16-22(32)8-13-26(25)41-27(42)17-45-30(41)38-29(43)36-14-4-6-20-5-3-7-21(15-20)28-37-18-40(39-28)23-9-11-24(12-10-23)44-31(33,34)35/h3,5,7-13,15-16,18-19H,4,6,14,17H2,1-2H3,(H,36,43). The van der Waals surface area contributed by atoms with E-state index in [1.54, 1.807) is 0 Å². The average Bonchev–Trinajstić information content (AvgIpc) is 3.62. The number of halogens is 4. The quantitative estimate of drug-likeness (QED) is 0.158. The number of carbonyl (C=O) groups is 2. The summed E-state index contributed by atoms with van der Waals surface area (Å²) in [5.41, 5.74) is 3.42. The molecule has 0 bridgehead atoms. The monoisotopic (exact) mass is 640 g/mol. The number of carbonyl (C=O) groups excluding carboxylic acids is 2. The van der Waals surface area contributed by atoms with Gasteiger partial charge in [0, 0.05) is 12.1 Å². The summed E-state index contributed by atoms with van der Waals surface area (Å²) in [5, 5.41) is 7.45. The Morgan fingerprint density at radius 3 is 2.62 bits per heavy atom. The van der Waals surface area contributed by atoms with Crippen LogP contribution in [0.3, 0.4) is 0 Å². The summed E-state index contributed by atoms with van der Waals surface area (Å²) in [6.45, 7) is 4.14. The van der Waals surface area contributed by atoms with Crippen molar-refractivity contribution in [1.82, 2.24) is 20.1 Å². The van der Waals surface area contributed by atoms with Gasteiger partial charge in [0.2, 0.25) is 5.91 Å². The van der Waals surface area contributed by atoms with Gasteiger partial charge < -0.3 is 10.1 Å². The van der Waals surface area contributed by atoms with Crippen molar-refractivity contribution >= 4 is 34.6 Å². The van der Waals surface area contributed by atoms with Gasteiger partial charge in [0.05, 0.1) is 17.1 Å². The average molecular weight is 641 g/mol. The van der Waals surface area contributed by atoms with Gasteiger partial charge in [-0.1, -0.05) is 43.8 Å². The normalized spacial score (nSPS) is 14.4. The van der Waals surface area contributed by atoms with Crippen LogP contribution in [0.4, 0.5) is 28.0 Å². The first-order valence-corrected chi connectivity index (χ1v) is 14.9. The van der Waals surface area contributed by atoms with Crippen LogP contribution in [0.5, 0.6) is 5.75 Å². The molecule has 1 N–H and O–H groups in total. The molecule has 45 heavy (non-hydrogen) atoms. The molecule has 0 atom stereocenters. The molecule has 5 rings (SSSR count). The summed E-state index contributed by atoms with van der Waals surface area (Å²) >= 11 is 1.16. The fraction of sp³-hybridized carbons (Fsp3) is 0.258. The van der Waals surface area contributed by atoms with E-state index in [-0.39, 0.29) is 28.5 Å². The van der Waals surface area contributed by atoms with E-state index in [9.17, 15) is 27.2 Å². The van der Waals surface area contributed by atoms with Gasteiger partial charge in [0.1, 0.15) is 17.9 Å². The summed E-state index contributed by atoms with van der Waals surface area (Å²) in [6, 6.07) is 16.5. The molecule has 3 amide bonds. The number of anilines is 1. The molecule has 0 unspecified atom stereocenters. The number of hydrogen-bond acceptors (Lipinski definition) is 6. The smallest absolute Gasteiger partial charge is 0.406 e. The molecule has 0 radical (unpaired) electrons. The van der Waals surface area contributed by atoms with Gasteiger partial charge in [0.25, 0.3) is 0 Å². The fourth-order valence-electron chi connectivity index (χ4n) is 4.67. The van der Waals surface area contributed by atoms with Crippen LogP contribution in [-0.4, -0.2) is 50.5 Å². The van der Waals surface area contributed by atoms with Crippen LogP contribution in [0.1, 0.15) is 37.3 Å². The van der Waals surface area contributed by atoms with E-state index in [0.717, 1.165) is 22.9 Å². The molecule has 4 aromatic rings. The van der Waals surface area contributed by atoms with Gasteiger partial charge in [-0.15, -0.1) is 18.3 Å². The Morgan fingerprint density at radius 1 is 1.11 bits per heavy atom. The second-order valence-corrected chi connectivity index (χ2v) is 11.3. The van der Waals surface area contributed by atoms with Crippen molar-refractivity contribution in [3.8, 4) is 22.8 Å². The van der Waals surface area contributed by atoms with Gasteiger partial charge in [-0.2, -0.15) is 4.99 Å². The third-order valence-electron chi connectivity index (χ3n) is 6.75. The maximum absolute atomic E-state index is 13.9. The highest BCUT2D eigenvalue weighted by Gasteiger charge is 2.33. The lowest BCUT2D eigenvalue weighted by Gasteiger charge is -2.21. The molecule has 0 spiro atoms. The van der Waals surface area contributed by atoms with Gasteiger partial charge in [-0.05, 0) is 78.4 Å². The molecule has 14 heteroatoms. The Labute approximate surface area is 260 Å². The van der Waals surface area contributed by atoms with E-state index in [1.165, 1.54) is 58.4 Å². The Hall–Kier alpha value is -4.72. The molecule has 234 valence electrons. The third kappa shape index (κ3) is 8.06. The van der Waals surface area contributed by atoms with Crippen LogP contribution in [0.15, 0.2) is 78.0 Å². The number of aryl methyl sites for hydroxylation is 1. The number of ether oxygens (including phenoxy) is 1. The number of urea groups is 1. The summed E-state index contributed by atoms with van der Waals surface area (Å²) in [7, 11) is 0. The first-order valence-electron chi connectivity index (χ1n) is 14.0. The van der Waals surface area contributed by atoms with Gasteiger partial charge in [-0.3, -0.25) is 9.69 Å². The van der Waals surface area contributed by atoms with E-state index in [4.69, 9.17) is 0 Å². The Kier molecular flexibility index (Phi) is 9.51. The van der Waals surface area contributed by atoms with E-state index >= 15 is 0 Å². The predicted molar refractivity (Wildman–Crippen MR) is 163 cm³/mol. The van der Waals surface area contributed by atoms with Crippen molar-refractivity contribution in [2.45, 2.75) is 39.0 Å². The highest BCUT2D eigenvalue weighted by molar-refractivity contribution is 8.15. The predicted octanol–water partition coefficient (Wildman–Crippen LogP) is 6.87. The van der Waals surface area contributed by atoms with Crippen molar-refractivity contribution in [2.75, 3.05) is 17.2 Å². The minimum absolute atomic E-state index is 0.0447. The summed E-state index contributed by atoms with van der Waals surface area (Å²) in [5.74, 6) is -0.437. The molecular weight excluding hydrogens is 612 g/mol. The molecule has 1 aliphatic heterocycles. The van der Waals surface area contributed by atoms with Crippen molar-refractivity contribution in [3.05, 3.63) is 90.0 Å². The molecule has 1 aromatic heterocycles. The van der Waals surface area contributed by atoms with Crippen LogP contribution >= 0.6 is 11.8 Å². The lowest BCUT2D eigenvalue weighted by molar-refractivity contribution is -0.274. The van der Waals surface area contributed by atoms with Crippen molar-refractivity contribution in [1.29, 1.82) is 0 Å². The first-order chi connectivity index (χ1) is 21.5. The summed E-state index contributed by atoms with van der Waals surface area (Å²) in [6.07, 6.45) is -2.05. The minimum Gasteiger partial charge on any atom is -0.406 e. The molecule has 3 aromatic carbocycles. The molecular formula is C31H28F4N6O3S. The summed E-state index contributed by atoms with van der Waals surface area (Å²) in [4.78, 5) is 35.1. The van der Waals surface area contributed by atoms with Crippen LogP contribution in [0.2, 0.25) is 0 Å². The maximum Gasteiger partial charge on any atom is 0.573 e. The van der Waals surface area contributed by atoms with E-state index < -0.39 is 18.2 Å². The highest BCUT2D eigenvalue weighted by atomic mass is 32.2. The lowest BCUT2D eigenvalue weighted by Crippen LogP contribution is -2.32. The molecule has 1 fully saturated rings. The van der Waals surface area contributed by atoms with Crippen molar-refractivity contribution in [3.63, 3.8) is 0 Å². The zero-order chi connectivity index (χ0) is 32.1. The zero-order valence-corrected chi connectivity index (χ0v) is 25.0. The van der Waals surface area contributed by atoms with E-state index in [2.05, 4.69) is 25.1 Å². The number of nitrogens with zero attached hydrogens (tertiary/aromatic N) is 5. The fourth-order valence-corrected chi connectivity index (χ4v) is 5.53. The van der Waals surface area contributed by atoms with E-state index in [1.807, 2.05) is 38.1 Å². The van der Waals surface area contributed by atoms with Crippen molar-refractivity contribution in [2.24, 2.45) is 4.99 Å². The van der Waals surface area contributed by atoms with Crippen LogP contribution < -0.4 is 15.0 Å². The number of amides is 3. The minimum atomic E-state index is -4.77. The number of rotatable bonds is 9. The number of thioether (sulfide) groups is 1. The number of aromatic nitrogens is 3. The van der Waals surface area contributed by atoms with E-state index in [0.29, 0.717) is 42.1 Å². The largest absolute Gasteiger partial charge is 0.573 e. The number of hydrogen-bond donors (Lipinski definition) is 1. The first kappa shape index (κ1) is 31.7. The maximum atomic E-state index is 13.9. The topological polar surface area (TPSA) is 102 Å². The molecule has 2 heterocycles. The van der Waals surface area contributed by atoms with Gasteiger partial charge in [-0.25, -0.2) is 18.9 Å². The number of amidine groups is 1. The molecule has 9 nitrogen and oxygen atoms in total. The zero-order valence-electron chi connectivity index (χ0n) is 24.2. The van der Waals surface area contributed by atoms with Crippen LogP contribution in [-0.2, 0) is 11.2 Å². The Bertz CT molecular complexity index is 1720. The number of alkyl halides is 3. The second-order valence-electron chi connectivity index (χ2n) is 10.4. The van der Waals surface area contributed by atoms with Gasteiger partial charge in [0.15, 0.2) is 11.0 Å². The number of nitrogens with one attached hydrogen (secondary N) is 1. The van der Waals surface area contributed by atoms with Crippen LogP contribution in [0.25, 0.3) is 17.1 Å². The Balaban J connectivity index is 1.16. The second kappa shape index (κ2) is 13.5. The SMILES string of the molecule is CC(C)c1cc(F)ccc1N1C(=O)CSC1=NC(=O)NCCCc1cccc(-c2ncn(-c3ccc(OC(F)(F)F)cc3)n2)c1. The molecule has 1 aliphatic rings. The number of benzene rings is 3. The van der Waals surface area contributed by atoms with Gasteiger partial charge >= 0.3 is 12.4 Å². The highest BCUT2D eigenvalue weighted by Crippen LogP contribution is 2.34. The third-order valence-corrected chi connectivity index (χ3v) is 7.67. The number of aliphatic imine (C=N–C) groups is 1. The summed E-state index contributed by atoms with van der Waals surface area (Å²) < 4.78 is 56.5. The van der Waals surface area contributed by atoms with Crippen molar-refractivity contribution < 1.29 is 31.9 Å². The molecule has 1 saturated heterocycles.